The lowest BCUT2D eigenvalue weighted by molar-refractivity contribution is -0.141. The smallest absolute Gasteiger partial charge is 0.306 e. The second-order valence-electron chi connectivity index (χ2n) is 4.04. The third-order valence-corrected chi connectivity index (χ3v) is 2.66. The highest BCUT2D eigenvalue weighted by molar-refractivity contribution is 5.94. The number of rotatable bonds is 4. The molecule has 1 aromatic heterocycles. The zero-order chi connectivity index (χ0) is 13.7. The molecule has 0 saturated carbocycles. The van der Waals surface area contributed by atoms with Crippen LogP contribution in [0.3, 0.4) is 0 Å². The van der Waals surface area contributed by atoms with Gasteiger partial charge in [-0.3, -0.25) is 14.6 Å². The molecular formula is C14H14N2O3. The van der Waals surface area contributed by atoms with Gasteiger partial charge in [0.15, 0.2) is 0 Å². The fourth-order valence-electron chi connectivity index (χ4n) is 1.68. The van der Waals surface area contributed by atoms with Crippen molar-refractivity contribution in [3.63, 3.8) is 0 Å². The Bertz CT molecular complexity index is 610. The van der Waals surface area contributed by atoms with Gasteiger partial charge in [0.1, 0.15) is 0 Å². The maximum atomic E-state index is 11.6. The average Bonchev–Trinajstić information content (AvgIpc) is 2.44. The molecule has 0 atom stereocenters. The summed E-state index contributed by atoms with van der Waals surface area (Å²) in [5, 5.41) is 3.66. The SMILES string of the molecule is COC(=O)CCC(=O)Nc1cnc2ccccc2c1. The van der Waals surface area contributed by atoms with Gasteiger partial charge in [0.05, 0.1) is 30.9 Å². The predicted molar refractivity (Wildman–Crippen MR) is 71.6 cm³/mol. The summed E-state index contributed by atoms with van der Waals surface area (Å²) in [5.41, 5.74) is 1.49. The first-order valence-electron chi connectivity index (χ1n) is 5.90. The number of aromatic nitrogens is 1. The molecule has 1 aromatic carbocycles. The molecule has 0 aliphatic heterocycles. The van der Waals surface area contributed by atoms with Gasteiger partial charge in [0, 0.05) is 11.8 Å². The summed E-state index contributed by atoms with van der Waals surface area (Å²) < 4.78 is 4.48. The summed E-state index contributed by atoms with van der Waals surface area (Å²) >= 11 is 0. The number of benzene rings is 1. The van der Waals surface area contributed by atoms with Crippen molar-refractivity contribution in [1.82, 2.24) is 4.98 Å². The number of hydrogen-bond acceptors (Lipinski definition) is 4. The van der Waals surface area contributed by atoms with E-state index in [1.165, 1.54) is 7.11 Å². The number of carbonyl (C=O) groups excluding carboxylic acids is 2. The number of fused-ring (bicyclic) bond motifs is 1. The molecule has 0 spiro atoms. The van der Waals surface area contributed by atoms with Crippen molar-refractivity contribution in [3.8, 4) is 0 Å². The van der Waals surface area contributed by atoms with Crippen molar-refractivity contribution in [3.05, 3.63) is 36.5 Å². The molecule has 5 heteroatoms. The fourth-order valence-corrected chi connectivity index (χ4v) is 1.68. The Morgan fingerprint density at radius 2 is 2.05 bits per heavy atom. The van der Waals surface area contributed by atoms with Crippen LogP contribution in [-0.4, -0.2) is 24.0 Å². The van der Waals surface area contributed by atoms with E-state index in [0.29, 0.717) is 5.69 Å². The summed E-state index contributed by atoms with van der Waals surface area (Å²) in [5.74, 6) is -0.630. The van der Waals surface area contributed by atoms with Gasteiger partial charge in [0.25, 0.3) is 0 Å². The van der Waals surface area contributed by atoms with Crippen LogP contribution >= 0.6 is 0 Å². The van der Waals surface area contributed by atoms with Crippen LogP contribution in [0.15, 0.2) is 36.5 Å². The van der Waals surface area contributed by atoms with Crippen molar-refractivity contribution in [2.45, 2.75) is 12.8 Å². The van der Waals surface area contributed by atoms with Gasteiger partial charge in [-0.2, -0.15) is 0 Å². The third kappa shape index (κ3) is 3.51. The lowest BCUT2D eigenvalue weighted by Gasteiger charge is -2.05. The molecule has 98 valence electrons. The monoisotopic (exact) mass is 258 g/mol. The van der Waals surface area contributed by atoms with E-state index in [9.17, 15) is 9.59 Å². The van der Waals surface area contributed by atoms with Crippen molar-refractivity contribution in [2.24, 2.45) is 0 Å². The molecule has 2 rings (SSSR count). The number of amides is 1. The van der Waals surface area contributed by atoms with Gasteiger partial charge < -0.3 is 10.1 Å². The maximum absolute atomic E-state index is 11.6. The molecule has 0 saturated heterocycles. The summed E-state index contributed by atoms with van der Waals surface area (Å²) in [6.07, 6.45) is 1.77. The zero-order valence-electron chi connectivity index (χ0n) is 10.6. The van der Waals surface area contributed by atoms with Crippen molar-refractivity contribution in [1.29, 1.82) is 0 Å². The topological polar surface area (TPSA) is 68.3 Å². The van der Waals surface area contributed by atoms with Gasteiger partial charge in [-0.25, -0.2) is 0 Å². The van der Waals surface area contributed by atoms with E-state index >= 15 is 0 Å². The van der Waals surface area contributed by atoms with Crippen LogP contribution in [0, 0.1) is 0 Å². The lowest BCUT2D eigenvalue weighted by atomic mass is 10.2. The van der Waals surface area contributed by atoms with Crippen LogP contribution in [0.2, 0.25) is 0 Å². The molecule has 1 amide bonds. The Labute approximate surface area is 110 Å². The molecule has 0 fully saturated rings. The number of ether oxygens (including phenoxy) is 1. The van der Waals surface area contributed by atoms with Crippen LogP contribution in [0.1, 0.15) is 12.8 Å². The van der Waals surface area contributed by atoms with Crippen LogP contribution in [0.4, 0.5) is 5.69 Å². The highest BCUT2D eigenvalue weighted by Gasteiger charge is 2.07. The number of anilines is 1. The van der Waals surface area contributed by atoms with Gasteiger partial charge in [0.2, 0.25) is 5.91 Å². The Balaban J connectivity index is 2.01. The quantitative estimate of drug-likeness (QED) is 0.853. The lowest BCUT2D eigenvalue weighted by Crippen LogP contribution is -2.14. The van der Waals surface area contributed by atoms with Crippen LogP contribution in [0.5, 0.6) is 0 Å². The number of methoxy groups -OCH3 is 1. The first-order valence-corrected chi connectivity index (χ1v) is 5.90. The van der Waals surface area contributed by atoms with Crippen molar-refractivity contribution < 1.29 is 14.3 Å². The minimum atomic E-state index is -0.396. The molecule has 2 aromatic rings. The van der Waals surface area contributed by atoms with E-state index in [1.54, 1.807) is 6.20 Å². The van der Waals surface area contributed by atoms with E-state index < -0.39 is 5.97 Å². The highest BCUT2D eigenvalue weighted by Crippen LogP contribution is 2.16. The van der Waals surface area contributed by atoms with Crippen molar-refractivity contribution in [2.75, 3.05) is 12.4 Å². The normalized spacial score (nSPS) is 10.2. The number of para-hydroxylation sites is 1. The summed E-state index contributed by atoms with van der Waals surface area (Å²) in [7, 11) is 1.30. The molecule has 0 bridgehead atoms. The van der Waals surface area contributed by atoms with Crippen LogP contribution in [0.25, 0.3) is 10.9 Å². The molecule has 1 heterocycles. The van der Waals surface area contributed by atoms with E-state index in [2.05, 4.69) is 15.0 Å². The van der Waals surface area contributed by atoms with E-state index in [-0.39, 0.29) is 18.7 Å². The number of esters is 1. The first kappa shape index (κ1) is 13.0. The van der Waals surface area contributed by atoms with E-state index in [0.717, 1.165) is 10.9 Å². The molecule has 1 N–H and O–H groups in total. The second-order valence-corrected chi connectivity index (χ2v) is 4.04. The molecule has 5 nitrogen and oxygen atoms in total. The number of pyridine rings is 1. The number of hydrogen-bond donors (Lipinski definition) is 1. The Kier molecular flexibility index (Phi) is 4.07. The maximum Gasteiger partial charge on any atom is 0.306 e. The Hall–Kier alpha value is -2.43. The van der Waals surface area contributed by atoms with Gasteiger partial charge in [-0.1, -0.05) is 18.2 Å². The summed E-state index contributed by atoms with van der Waals surface area (Å²) in [6.45, 7) is 0. The molecular weight excluding hydrogens is 244 g/mol. The fraction of sp³-hybridized carbons (Fsp3) is 0.214. The summed E-state index contributed by atoms with van der Waals surface area (Å²) in [4.78, 5) is 26.8. The standard InChI is InChI=1S/C14H14N2O3/c1-19-14(18)7-6-13(17)16-11-8-10-4-2-3-5-12(10)15-9-11/h2-5,8-9H,6-7H2,1H3,(H,16,17). The van der Waals surface area contributed by atoms with Gasteiger partial charge in [-0.15, -0.1) is 0 Å². The first-order chi connectivity index (χ1) is 9.19. The molecule has 19 heavy (non-hydrogen) atoms. The van der Waals surface area contributed by atoms with E-state index in [4.69, 9.17) is 0 Å². The second kappa shape index (κ2) is 5.95. The van der Waals surface area contributed by atoms with Gasteiger partial charge in [-0.05, 0) is 12.1 Å². The summed E-state index contributed by atoms with van der Waals surface area (Å²) in [6, 6.07) is 9.49. The van der Waals surface area contributed by atoms with Gasteiger partial charge >= 0.3 is 5.97 Å². The molecule has 0 radical (unpaired) electrons. The Morgan fingerprint density at radius 1 is 1.26 bits per heavy atom. The third-order valence-electron chi connectivity index (χ3n) is 2.66. The minimum Gasteiger partial charge on any atom is -0.469 e. The number of nitrogens with zero attached hydrogens (tertiary/aromatic N) is 1. The van der Waals surface area contributed by atoms with Crippen molar-refractivity contribution >= 4 is 28.5 Å². The molecule has 0 unspecified atom stereocenters. The highest BCUT2D eigenvalue weighted by atomic mass is 16.5. The molecule has 0 aliphatic rings. The average molecular weight is 258 g/mol. The minimum absolute atomic E-state index is 0.0728. The largest absolute Gasteiger partial charge is 0.469 e. The zero-order valence-corrected chi connectivity index (χ0v) is 10.6. The molecule has 0 aliphatic carbocycles. The number of nitrogens with one attached hydrogen (secondary N) is 1. The number of carbonyl (C=O) groups is 2. The van der Waals surface area contributed by atoms with Crippen LogP contribution in [-0.2, 0) is 14.3 Å². The predicted octanol–water partition coefficient (Wildman–Crippen LogP) is 2.13. The Morgan fingerprint density at radius 3 is 2.84 bits per heavy atom. The van der Waals surface area contributed by atoms with E-state index in [1.807, 2.05) is 30.3 Å². The van der Waals surface area contributed by atoms with Crippen LogP contribution < -0.4 is 5.32 Å².